The van der Waals surface area contributed by atoms with Crippen LogP contribution in [0.1, 0.15) is 63.0 Å². The molecule has 3 fully saturated rings. The van der Waals surface area contributed by atoms with Crippen LogP contribution in [0, 0.1) is 0 Å². The third-order valence-corrected chi connectivity index (χ3v) is 6.75. The molecule has 0 radical (unpaired) electrons. The van der Waals surface area contributed by atoms with Crippen LogP contribution in [0.3, 0.4) is 0 Å². The molecule has 1 aromatic heterocycles. The van der Waals surface area contributed by atoms with E-state index in [-0.39, 0.29) is 5.56 Å². The van der Waals surface area contributed by atoms with Crippen molar-refractivity contribution in [2.45, 2.75) is 70.4 Å². The van der Waals surface area contributed by atoms with Crippen molar-refractivity contribution in [3.63, 3.8) is 0 Å². The Hall–Kier alpha value is -2.53. The lowest BCUT2D eigenvalue weighted by Gasteiger charge is -2.41. The number of piperidine rings is 1. The van der Waals surface area contributed by atoms with Gasteiger partial charge in [-0.1, -0.05) is 44.5 Å². The lowest BCUT2D eigenvalue weighted by atomic mass is 9.88. The van der Waals surface area contributed by atoms with Crippen LogP contribution >= 0.6 is 0 Å². The molecule has 0 bridgehead atoms. The lowest BCUT2D eigenvalue weighted by molar-refractivity contribution is -0.0712. The van der Waals surface area contributed by atoms with E-state index in [0.717, 1.165) is 51.8 Å². The van der Waals surface area contributed by atoms with Gasteiger partial charge in [0, 0.05) is 36.7 Å². The highest BCUT2D eigenvalue weighted by Gasteiger charge is 2.30. The SMILES string of the molecule is CC.CO.N/N=C(/c1cnc(-c2ccc(C3CCN(C4COC4)CC3)cc2)nc1)C(F)F.NC1CCC1. The molecule has 2 saturated heterocycles. The summed E-state index contributed by atoms with van der Waals surface area (Å²) in [6.45, 7) is 7.96. The summed E-state index contributed by atoms with van der Waals surface area (Å²) in [6.07, 6.45) is 6.08. The van der Waals surface area contributed by atoms with E-state index in [1.165, 1.54) is 37.2 Å². The molecule has 5 N–H and O–H groups in total. The molecule has 0 atom stereocenters. The first kappa shape index (κ1) is 30.7. The highest BCUT2D eigenvalue weighted by atomic mass is 19.3. The number of rotatable bonds is 5. The van der Waals surface area contributed by atoms with Crippen LogP contribution in [0.5, 0.6) is 0 Å². The van der Waals surface area contributed by atoms with Gasteiger partial charge in [-0.2, -0.15) is 5.10 Å². The Bertz CT molecular complexity index is 911. The Labute approximate surface area is 219 Å². The Kier molecular flexibility index (Phi) is 13.6. The monoisotopic (exact) mass is 520 g/mol. The number of benzene rings is 1. The highest BCUT2D eigenvalue weighted by Crippen LogP contribution is 2.31. The van der Waals surface area contributed by atoms with E-state index in [4.69, 9.17) is 21.4 Å². The lowest BCUT2D eigenvalue weighted by Crippen LogP contribution is -2.51. The summed E-state index contributed by atoms with van der Waals surface area (Å²) in [5.41, 5.74) is 7.16. The summed E-state index contributed by atoms with van der Waals surface area (Å²) in [5.74, 6) is 6.07. The third-order valence-electron chi connectivity index (χ3n) is 6.75. The third kappa shape index (κ3) is 8.77. The molecule has 5 rings (SSSR count). The Morgan fingerprint density at radius 1 is 1.03 bits per heavy atom. The summed E-state index contributed by atoms with van der Waals surface area (Å²) in [6, 6.07) is 9.38. The molecule has 3 heterocycles. The first-order valence-electron chi connectivity index (χ1n) is 13.1. The minimum atomic E-state index is -2.76. The summed E-state index contributed by atoms with van der Waals surface area (Å²) in [4.78, 5) is 10.9. The molecule has 37 heavy (non-hydrogen) atoms. The smallest absolute Gasteiger partial charge is 0.282 e. The van der Waals surface area contributed by atoms with Crippen LogP contribution in [-0.2, 0) is 4.74 Å². The average molecular weight is 521 g/mol. The number of nitrogens with zero attached hydrogens (tertiary/aromatic N) is 4. The van der Waals surface area contributed by atoms with E-state index in [9.17, 15) is 8.78 Å². The maximum absolute atomic E-state index is 12.8. The maximum atomic E-state index is 12.8. The van der Waals surface area contributed by atoms with Gasteiger partial charge in [0.1, 0.15) is 5.71 Å². The molecule has 3 aliphatic rings. The van der Waals surface area contributed by atoms with Crippen molar-refractivity contribution in [1.29, 1.82) is 0 Å². The van der Waals surface area contributed by atoms with Crippen molar-refractivity contribution in [2.75, 3.05) is 33.4 Å². The second-order valence-corrected chi connectivity index (χ2v) is 8.92. The van der Waals surface area contributed by atoms with Gasteiger partial charge in [0.05, 0.1) is 19.3 Å². The fourth-order valence-corrected chi connectivity index (χ4v) is 4.24. The number of ether oxygens (including phenoxy) is 1. The zero-order valence-electron chi connectivity index (χ0n) is 22.2. The standard InChI is InChI=1S/C20H23F2N5O.C4H9N.C2H6.CH4O/c21-19(22)18(26-23)16-9-24-20(25-10-16)15-3-1-13(2-4-15)14-5-7-27(8-6-14)17-11-28-12-17;5-4-2-1-3-4;2*1-2/h1-4,9-10,14,17,19H,5-8,11-12,23H2;4H,1-3,5H2;1-2H3;2H,1H3/b26-18-;;;. The van der Waals surface area contributed by atoms with E-state index in [1.54, 1.807) is 0 Å². The number of aromatic nitrogens is 2. The fraction of sp³-hybridized carbons (Fsp3) is 0.593. The molecular weight excluding hydrogens is 478 g/mol. The van der Waals surface area contributed by atoms with Crippen molar-refractivity contribution < 1.29 is 18.6 Å². The minimum absolute atomic E-state index is 0.126. The molecule has 8 nitrogen and oxygen atoms in total. The van der Waals surface area contributed by atoms with Crippen molar-refractivity contribution >= 4 is 5.71 Å². The van der Waals surface area contributed by atoms with Gasteiger partial charge >= 0.3 is 0 Å². The van der Waals surface area contributed by atoms with Crippen molar-refractivity contribution in [3.8, 4) is 11.4 Å². The van der Waals surface area contributed by atoms with E-state index < -0.39 is 12.1 Å². The number of hydrazone groups is 1. The van der Waals surface area contributed by atoms with Gasteiger partial charge in [0.15, 0.2) is 5.82 Å². The predicted octanol–water partition coefficient (Wildman–Crippen LogP) is 3.78. The Morgan fingerprint density at radius 3 is 1.95 bits per heavy atom. The number of hydrogen-bond acceptors (Lipinski definition) is 8. The number of aliphatic hydroxyl groups is 1. The molecule has 206 valence electrons. The van der Waals surface area contributed by atoms with E-state index in [1.807, 2.05) is 26.0 Å². The predicted molar refractivity (Wildman–Crippen MR) is 144 cm³/mol. The van der Waals surface area contributed by atoms with Crippen LogP contribution in [-0.4, -0.2) is 77.6 Å². The zero-order chi connectivity index (χ0) is 27.2. The first-order valence-corrected chi connectivity index (χ1v) is 13.1. The molecule has 0 unspecified atom stereocenters. The molecule has 1 aliphatic carbocycles. The van der Waals surface area contributed by atoms with Crippen LogP contribution in [0.4, 0.5) is 8.78 Å². The molecule has 1 aromatic carbocycles. The number of halogens is 2. The minimum Gasteiger partial charge on any atom is -0.400 e. The first-order chi connectivity index (χ1) is 18.0. The van der Waals surface area contributed by atoms with Gasteiger partial charge in [0.2, 0.25) is 0 Å². The molecule has 0 amide bonds. The fourth-order valence-electron chi connectivity index (χ4n) is 4.24. The van der Waals surface area contributed by atoms with E-state index in [0.29, 0.717) is 23.8 Å². The van der Waals surface area contributed by atoms with E-state index >= 15 is 0 Å². The second-order valence-electron chi connectivity index (χ2n) is 8.92. The van der Waals surface area contributed by atoms with Crippen LogP contribution in [0.25, 0.3) is 11.4 Å². The van der Waals surface area contributed by atoms with Crippen LogP contribution < -0.4 is 11.6 Å². The average Bonchev–Trinajstić information content (AvgIpc) is 2.90. The van der Waals surface area contributed by atoms with Gasteiger partial charge in [-0.05, 0) is 50.3 Å². The number of hydrogen-bond donors (Lipinski definition) is 3. The zero-order valence-corrected chi connectivity index (χ0v) is 22.2. The highest BCUT2D eigenvalue weighted by molar-refractivity contribution is 6.02. The van der Waals surface area contributed by atoms with Crippen molar-refractivity contribution in [2.24, 2.45) is 16.7 Å². The van der Waals surface area contributed by atoms with Crippen molar-refractivity contribution in [3.05, 3.63) is 47.8 Å². The molecular formula is C27H42F2N6O2. The summed E-state index contributed by atoms with van der Waals surface area (Å²) < 4.78 is 31.0. The molecule has 2 aromatic rings. The van der Waals surface area contributed by atoms with Gasteiger partial charge in [0.25, 0.3) is 6.43 Å². The molecule has 10 heteroatoms. The molecule has 0 spiro atoms. The number of aliphatic hydroxyl groups excluding tert-OH is 1. The molecule has 1 saturated carbocycles. The summed E-state index contributed by atoms with van der Waals surface area (Å²) in [5, 5.41) is 10.1. The Morgan fingerprint density at radius 2 is 1.57 bits per heavy atom. The quantitative estimate of drug-likeness (QED) is 0.311. The van der Waals surface area contributed by atoms with Crippen molar-refractivity contribution in [1.82, 2.24) is 14.9 Å². The van der Waals surface area contributed by atoms with Gasteiger partial charge in [-0.25, -0.2) is 18.7 Å². The summed E-state index contributed by atoms with van der Waals surface area (Å²) >= 11 is 0. The van der Waals surface area contributed by atoms with E-state index in [2.05, 4.69) is 32.1 Å². The maximum Gasteiger partial charge on any atom is 0.282 e. The van der Waals surface area contributed by atoms with Gasteiger partial charge < -0.3 is 21.4 Å². The normalized spacial score (nSPS) is 18.8. The number of likely N-dealkylation sites (tertiary alicyclic amines) is 1. The van der Waals surface area contributed by atoms with Gasteiger partial charge in [-0.3, -0.25) is 4.90 Å². The largest absolute Gasteiger partial charge is 0.400 e. The topological polar surface area (TPSA) is 123 Å². The number of alkyl halides is 2. The number of nitrogens with two attached hydrogens (primary N) is 2. The van der Waals surface area contributed by atoms with Crippen LogP contribution in [0.15, 0.2) is 41.8 Å². The Balaban J connectivity index is 0.000000463. The second kappa shape index (κ2) is 16.3. The van der Waals surface area contributed by atoms with Crippen LogP contribution in [0.2, 0.25) is 0 Å². The summed E-state index contributed by atoms with van der Waals surface area (Å²) in [7, 11) is 1.00. The molecule has 2 aliphatic heterocycles. The van der Waals surface area contributed by atoms with Gasteiger partial charge in [-0.15, -0.1) is 0 Å².